The Labute approximate surface area is 121 Å². The molecule has 6 heteroatoms. The summed E-state index contributed by atoms with van der Waals surface area (Å²) in [6.07, 6.45) is 0.482. The number of sulfone groups is 1. The number of nitrogens with zero attached hydrogens (tertiary/aromatic N) is 1. The molecule has 0 unspecified atom stereocenters. The zero-order valence-corrected chi connectivity index (χ0v) is 12.9. The number of aliphatic imine (C=N–C) groups is 1. The molecule has 1 rings (SSSR count). The van der Waals surface area contributed by atoms with Gasteiger partial charge >= 0.3 is 0 Å². The van der Waals surface area contributed by atoms with Gasteiger partial charge in [0.1, 0.15) is 0 Å². The first-order valence-corrected chi connectivity index (χ1v) is 8.52. The second kappa shape index (κ2) is 7.89. The molecule has 0 amide bonds. The maximum Gasteiger partial charge on any atom is 0.188 e. The first-order valence-electron chi connectivity index (χ1n) is 6.70. The molecule has 0 spiro atoms. The van der Waals surface area contributed by atoms with Crippen LogP contribution >= 0.6 is 0 Å². The van der Waals surface area contributed by atoms with E-state index in [2.05, 4.69) is 10.3 Å². The van der Waals surface area contributed by atoms with Crippen molar-refractivity contribution in [2.45, 2.75) is 32.1 Å². The Morgan fingerprint density at radius 1 is 1.30 bits per heavy atom. The SMILES string of the molecule is CC(C)NC(N)=NCCCS(=O)(=O)Cc1ccccc1. The summed E-state index contributed by atoms with van der Waals surface area (Å²) in [6.45, 7) is 4.35. The predicted octanol–water partition coefficient (Wildman–Crippen LogP) is 1.30. The number of guanidine groups is 1. The van der Waals surface area contributed by atoms with Crippen LogP contribution in [0.3, 0.4) is 0 Å². The van der Waals surface area contributed by atoms with Crippen LogP contribution in [0.15, 0.2) is 35.3 Å². The Hall–Kier alpha value is -1.56. The van der Waals surface area contributed by atoms with Crippen molar-refractivity contribution in [3.63, 3.8) is 0 Å². The summed E-state index contributed by atoms with van der Waals surface area (Å²) < 4.78 is 23.9. The van der Waals surface area contributed by atoms with Gasteiger partial charge in [0.15, 0.2) is 15.8 Å². The molecule has 0 radical (unpaired) electrons. The number of nitrogens with two attached hydrogens (primary N) is 1. The van der Waals surface area contributed by atoms with Gasteiger partial charge in [0.05, 0.1) is 11.5 Å². The molecule has 0 saturated carbocycles. The lowest BCUT2D eigenvalue weighted by atomic mass is 10.2. The molecule has 0 aliphatic heterocycles. The minimum atomic E-state index is -3.09. The van der Waals surface area contributed by atoms with Gasteiger partial charge in [-0.05, 0) is 25.8 Å². The normalized spacial score (nSPS) is 12.7. The third kappa shape index (κ3) is 7.13. The molecule has 112 valence electrons. The van der Waals surface area contributed by atoms with Crippen LogP contribution in [0.25, 0.3) is 0 Å². The van der Waals surface area contributed by atoms with Gasteiger partial charge < -0.3 is 11.1 Å². The van der Waals surface area contributed by atoms with Crippen molar-refractivity contribution in [2.75, 3.05) is 12.3 Å². The molecule has 0 heterocycles. The number of rotatable bonds is 7. The van der Waals surface area contributed by atoms with Crippen molar-refractivity contribution in [2.24, 2.45) is 10.7 Å². The predicted molar refractivity (Wildman–Crippen MR) is 83.3 cm³/mol. The third-order valence-electron chi connectivity index (χ3n) is 2.56. The highest BCUT2D eigenvalue weighted by Gasteiger charge is 2.11. The van der Waals surface area contributed by atoms with Crippen LogP contribution in [-0.2, 0) is 15.6 Å². The van der Waals surface area contributed by atoms with Crippen molar-refractivity contribution in [3.8, 4) is 0 Å². The van der Waals surface area contributed by atoms with Gasteiger partial charge in [0.25, 0.3) is 0 Å². The monoisotopic (exact) mass is 297 g/mol. The molecule has 0 saturated heterocycles. The maximum atomic E-state index is 11.9. The van der Waals surface area contributed by atoms with Gasteiger partial charge in [-0.3, -0.25) is 4.99 Å². The standard InChI is InChI=1S/C14H23N3O2S/c1-12(2)17-14(15)16-9-6-10-20(18,19)11-13-7-4-3-5-8-13/h3-5,7-8,12H,6,9-11H2,1-2H3,(H3,15,16,17). The Bertz CT molecular complexity index is 525. The highest BCUT2D eigenvalue weighted by atomic mass is 32.2. The summed E-state index contributed by atoms with van der Waals surface area (Å²) in [7, 11) is -3.09. The van der Waals surface area contributed by atoms with Crippen molar-refractivity contribution < 1.29 is 8.42 Å². The summed E-state index contributed by atoms with van der Waals surface area (Å²) >= 11 is 0. The van der Waals surface area contributed by atoms with Crippen molar-refractivity contribution >= 4 is 15.8 Å². The van der Waals surface area contributed by atoms with E-state index in [-0.39, 0.29) is 17.5 Å². The topological polar surface area (TPSA) is 84.5 Å². The fourth-order valence-corrected chi connectivity index (χ4v) is 3.14. The highest BCUT2D eigenvalue weighted by molar-refractivity contribution is 7.90. The summed E-state index contributed by atoms with van der Waals surface area (Å²) in [5.74, 6) is 0.568. The van der Waals surface area contributed by atoms with E-state index in [0.717, 1.165) is 5.56 Å². The summed E-state index contributed by atoms with van der Waals surface area (Å²) in [4.78, 5) is 4.09. The Balaban J connectivity index is 2.37. The van der Waals surface area contributed by atoms with Crippen molar-refractivity contribution in [3.05, 3.63) is 35.9 Å². The van der Waals surface area contributed by atoms with Crippen molar-refractivity contribution in [1.29, 1.82) is 0 Å². The average Bonchev–Trinajstić information content (AvgIpc) is 2.34. The average molecular weight is 297 g/mol. The van der Waals surface area contributed by atoms with E-state index in [4.69, 9.17) is 5.73 Å². The highest BCUT2D eigenvalue weighted by Crippen LogP contribution is 2.07. The quantitative estimate of drug-likeness (QED) is 0.451. The van der Waals surface area contributed by atoms with Crippen LogP contribution < -0.4 is 11.1 Å². The lowest BCUT2D eigenvalue weighted by Gasteiger charge is -2.08. The fraction of sp³-hybridized carbons (Fsp3) is 0.500. The Morgan fingerprint density at radius 3 is 2.55 bits per heavy atom. The lowest BCUT2D eigenvalue weighted by Crippen LogP contribution is -2.36. The Kier molecular flexibility index (Phi) is 6.51. The zero-order valence-electron chi connectivity index (χ0n) is 12.0. The van der Waals surface area contributed by atoms with Crippen LogP contribution in [0.4, 0.5) is 0 Å². The van der Waals surface area contributed by atoms with E-state index in [1.165, 1.54) is 0 Å². The molecule has 5 nitrogen and oxygen atoms in total. The van der Waals surface area contributed by atoms with E-state index < -0.39 is 9.84 Å². The molecule has 1 aromatic carbocycles. The minimum absolute atomic E-state index is 0.0806. The van der Waals surface area contributed by atoms with Gasteiger partial charge in [0, 0.05) is 12.6 Å². The molecule has 1 aromatic rings. The summed E-state index contributed by atoms with van der Waals surface area (Å²) in [6, 6.07) is 9.41. The van der Waals surface area contributed by atoms with Crippen LogP contribution in [0.1, 0.15) is 25.8 Å². The van der Waals surface area contributed by atoms with E-state index in [0.29, 0.717) is 18.9 Å². The second-order valence-electron chi connectivity index (χ2n) is 5.00. The van der Waals surface area contributed by atoms with Gasteiger partial charge in [-0.15, -0.1) is 0 Å². The van der Waals surface area contributed by atoms with Gasteiger partial charge in [0.2, 0.25) is 0 Å². The second-order valence-corrected chi connectivity index (χ2v) is 7.18. The van der Waals surface area contributed by atoms with Gasteiger partial charge in [-0.2, -0.15) is 0 Å². The van der Waals surface area contributed by atoms with Crippen LogP contribution in [0.2, 0.25) is 0 Å². The molecule has 0 bridgehead atoms. The third-order valence-corrected chi connectivity index (χ3v) is 4.25. The van der Waals surface area contributed by atoms with Gasteiger partial charge in [-0.25, -0.2) is 8.42 Å². The molecule has 3 N–H and O–H groups in total. The molecule has 20 heavy (non-hydrogen) atoms. The molecular weight excluding hydrogens is 274 g/mol. The van der Waals surface area contributed by atoms with E-state index in [1.807, 2.05) is 44.2 Å². The number of hydrogen-bond donors (Lipinski definition) is 2. The van der Waals surface area contributed by atoms with Crippen LogP contribution in [0.5, 0.6) is 0 Å². The van der Waals surface area contributed by atoms with E-state index in [9.17, 15) is 8.42 Å². The molecule has 0 aromatic heterocycles. The molecule has 0 aliphatic carbocycles. The van der Waals surface area contributed by atoms with E-state index in [1.54, 1.807) is 0 Å². The summed E-state index contributed by atoms with van der Waals surface area (Å²) in [5.41, 5.74) is 6.45. The maximum absolute atomic E-state index is 11.9. The smallest absolute Gasteiger partial charge is 0.188 e. The number of hydrogen-bond acceptors (Lipinski definition) is 3. The minimum Gasteiger partial charge on any atom is -0.370 e. The molecule has 0 fully saturated rings. The summed E-state index contributed by atoms with van der Waals surface area (Å²) in [5, 5.41) is 2.96. The largest absolute Gasteiger partial charge is 0.370 e. The first kappa shape index (κ1) is 16.5. The van der Waals surface area contributed by atoms with Crippen LogP contribution in [0, 0.1) is 0 Å². The van der Waals surface area contributed by atoms with Crippen molar-refractivity contribution in [1.82, 2.24) is 5.32 Å². The van der Waals surface area contributed by atoms with Crippen LogP contribution in [-0.4, -0.2) is 32.7 Å². The number of benzene rings is 1. The van der Waals surface area contributed by atoms with Gasteiger partial charge in [-0.1, -0.05) is 30.3 Å². The molecular formula is C14H23N3O2S. The molecule has 0 atom stereocenters. The Morgan fingerprint density at radius 2 is 1.95 bits per heavy atom. The number of nitrogens with one attached hydrogen (secondary N) is 1. The lowest BCUT2D eigenvalue weighted by molar-refractivity contribution is 0.592. The van der Waals surface area contributed by atoms with E-state index >= 15 is 0 Å². The first-order chi connectivity index (χ1) is 9.39. The zero-order chi connectivity index (χ0) is 15.0. The fourth-order valence-electron chi connectivity index (χ4n) is 1.73. The molecule has 0 aliphatic rings.